The van der Waals surface area contributed by atoms with Gasteiger partial charge in [0.15, 0.2) is 0 Å². The molecule has 1 aliphatic carbocycles. The van der Waals surface area contributed by atoms with Crippen molar-refractivity contribution in [3.63, 3.8) is 0 Å². The number of hydrogen-bond donors (Lipinski definition) is 0. The van der Waals surface area contributed by atoms with Crippen LogP contribution in [0.3, 0.4) is 0 Å². The van der Waals surface area contributed by atoms with Crippen molar-refractivity contribution >= 4 is 0 Å². The minimum absolute atomic E-state index is 0.473. The summed E-state index contributed by atoms with van der Waals surface area (Å²) in [6.45, 7) is 15.4. The predicted molar refractivity (Wildman–Crippen MR) is 114 cm³/mol. The van der Waals surface area contributed by atoms with Crippen LogP contribution in [0, 0.1) is 0 Å². The van der Waals surface area contributed by atoms with E-state index in [0.717, 1.165) is 31.8 Å². The Morgan fingerprint density at radius 2 is 1.85 bits per heavy atom. The molecule has 1 aromatic rings. The molecule has 1 aromatic carbocycles. The molecule has 0 heterocycles. The molecule has 0 aromatic heterocycles. The van der Waals surface area contributed by atoms with Crippen molar-refractivity contribution in [2.45, 2.75) is 58.6 Å². The van der Waals surface area contributed by atoms with Crippen LogP contribution in [0.2, 0.25) is 0 Å². The van der Waals surface area contributed by atoms with E-state index in [-0.39, 0.29) is 0 Å². The fourth-order valence-electron chi connectivity index (χ4n) is 3.18. The SMILES string of the molecule is C=C/C=C\C(=C)CN(CCOC1CCCCC1)Cc1ccccc1.CC. The van der Waals surface area contributed by atoms with E-state index in [4.69, 9.17) is 4.74 Å². The summed E-state index contributed by atoms with van der Waals surface area (Å²) in [5.41, 5.74) is 2.43. The summed E-state index contributed by atoms with van der Waals surface area (Å²) in [5, 5.41) is 0. The monoisotopic (exact) mass is 355 g/mol. The lowest BCUT2D eigenvalue weighted by atomic mass is 9.98. The Bertz CT molecular complexity index is 514. The molecule has 1 aliphatic rings. The Morgan fingerprint density at radius 1 is 1.15 bits per heavy atom. The zero-order valence-electron chi connectivity index (χ0n) is 16.8. The molecule has 2 nitrogen and oxygen atoms in total. The number of benzene rings is 1. The highest BCUT2D eigenvalue weighted by Gasteiger charge is 2.14. The minimum Gasteiger partial charge on any atom is -0.377 e. The van der Waals surface area contributed by atoms with Gasteiger partial charge in [0, 0.05) is 19.6 Å². The van der Waals surface area contributed by atoms with Gasteiger partial charge in [-0.2, -0.15) is 0 Å². The van der Waals surface area contributed by atoms with Gasteiger partial charge in [0.05, 0.1) is 12.7 Å². The van der Waals surface area contributed by atoms with Crippen molar-refractivity contribution in [3.05, 3.63) is 72.9 Å². The summed E-state index contributed by atoms with van der Waals surface area (Å²) in [5.74, 6) is 0. The number of allylic oxidation sites excluding steroid dienone is 2. The van der Waals surface area contributed by atoms with Gasteiger partial charge in [-0.3, -0.25) is 4.90 Å². The Balaban J connectivity index is 0.00000163. The zero-order chi connectivity index (χ0) is 19.0. The van der Waals surface area contributed by atoms with Gasteiger partial charge in [-0.05, 0) is 24.0 Å². The van der Waals surface area contributed by atoms with Gasteiger partial charge in [0.2, 0.25) is 0 Å². The molecule has 2 heteroatoms. The van der Waals surface area contributed by atoms with E-state index < -0.39 is 0 Å². The largest absolute Gasteiger partial charge is 0.377 e. The predicted octanol–water partition coefficient (Wildman–Crippen LogP) is 6.16. The van der Waals surface area contributed by atoms with E-state index in [9.17, 15) is 0 Å². The Morgan fingerprint density at radius 3 is 2.50 bits per heavy atom. The number of ether oxygens (including phenoxy) is 1. The van der Waals surface area contributed by atoms with Crippen LogP contribution in [0.15, 0.2) is 67.3 Å². The van der Waals surface area contributed by atoms with Gasteiger partial charge in [-0.25, -0.2) is 0 Å². The third kappa shape index (κ3) is 9.74. The highest BCUT2D eigenvalue weighted by molar-refractivity contribution is 5.20. The fourth-order valence-corrected chi connectivity index (χ4v) is 3.18. The van der Waals surface area contributed by atoms with Crippen molar-refractivity contribution < 1.29 is 4.74 Å². The smallest absolute Gasteiger partial charge is 0.0597 e. The fraction of sp³-hybridized carbons (Fsp3) is 0.500. The third-order valence-electron chi connectivity index (χ3n) is 4.46. The van der Waals surface area contributed by atoms with E-state index in [2.05, 4.69) is 48.4 Å². The van der Waals surface area contributed by atoms with E-state index in [0.29, 0.717) is 6.10 Å². The summed E-state index contributed by atoms with van der Waals surface area (Å²) in [7, 11) is 0. The first-order valence-corrected chi connectivity index (χ1v) is 10.1. The Kier molecular flexibility index (Phi) is 12.5. The minimum atomic E-state index is 0.473. The summed E-state index contributed by atoms with van der Waals surface area (Å²) in [4.78, 5) is 2.41. The lowest BCUT2D eigenvalue weighted by molar-refractivity contribution is 0.0164. The molecule has 0 saturated heterocycles. The van der Waals surface area contributed by atoms with Gasteiger partial charge in [-0.15, -0.1) is 0 Å². The van der Waals surface area contributed by atoms with Crippen LogP contribution in [0.1, 0.15) is 51.5 Å². The van der Waals surface area contributed by atoms with Crippen molar-refractivity contribution in [3.8, 4) is 0 Å². The van der Waals surface area contributed by atoms with Crippen molar-refractivity contribution in [2.75, 3.05) is 19.7 Å². The van der Waals surface area contributed by atoms with E-state index in [1.54, 1.807) is 6.08 Å². The summed E-state index contributed by atoms with van der Waals surface area (Å²) in [6.07, 6.45) is 12.7. The number of nitrogens with zero attached hydrogens (tertiary/aromatic N) is 1. The van der Waals surface area contributed by atoms with Crippen LogP contribution in [0.25, 0.3) is 0 Å². The van der Waals surface area contributed by atoms with Crippen molar-refractivity contribution in [1.82, 2.24) is 4.90 Å². The molecule has 0 amide bonds. The molecule has 0 unspecified atom stereocenters. The maximum Gasteiger partial charge on any atom is 0.0597 e. The summed E-state index contributed by atoms with van der Waals surface area (Å²) in [6, 6.07) is 10.6. The van der Waals surface area contributed by atoms with Gasteiger partial charge in [0.25, 0.3) is 0 Å². The molecule has 2 rings (SSSR count). The molecule has 1 fully saturated rings. The van der Waals surface area contributed by atoms with E-state index >= 15 is 0 Å². The van der Waals surface area contributed by atoms with Crippen LogP contribution in [-0.2, 0) is 11.3 Å². The molecule has 0 spiro atoms. The maximum absolute atomic E-state index is 6.11. The normalized spacial score (nSPS) is 14.9. The van der Waals surface area contributed by atoms with E-state index in [1.165, 1.54) is 37.7 Å². The quantitative estimate of drug-likeness (QED) is 0.466. The highest BCUT2D eigenvalue weighted by atomic mass is 16.5. The standard InChI is InChI=1S/C22H31NO.C2H6/c1-3-4-11-20(2)18-23(19-21-12-7-5-8-13-21)16-17-24-22-14-9-6-10-15-22;1-2/h3-5,7-8,11-13,22H,1-2,6,9-10,14-19H2;1-2H3/b11-4-;. The second-order valence-corrected chi connectivity index (χ2v) is 6.58. The first-order valence-electron chi connectivity index (χ1n) is 10.1. The molecule has 0 atom stereocenters. The van der Waals surface area contributed by atoms with E-state index in [1.807, 2.05) is 26.0 Å². The van der Waals surface area contributed by atoms with Gasteiger partial charge < -0.3 is 4.74 Å². The molecule has 0 aliphatic heterocycles. The first-order chi connectivity index (χ1) is 12.8. The second kappa shape index (κ2) is 14.5. The summed E-state index contributed by atoms with van der Waals surface area (Å²) < 4.78 is 6.11. The second-order valence-electron chi connectivity index (χ2n) is 6.58. The molecule has 144 valence electrons. The molecule has 0 bridgehead atoms. The molecule has 26 heavy (non-hydrogen) atoms. The molecule has 0 radical (unpaired) electrons. The van der Waals surface area contributed by atoms with Crippen LogP contribution >= 0.6 is 0 Å². The van der Waals surface area contributed by atoms with Crippen molar-refractivity contribution in [1.29, 1.82) is 0 Å². The lowest BCUT2D eigenvalue weighted by Gasteiger charge is -2.26. The van der Waals surface area contributed by atoms with Crippen molar-refractivity contribution in [2.24, 2.45) is 0 Å². The average molecular weight is 356 g/mol. The molecule has 0 N–H and O–H groups in total. The first kappa shape index (κ1) is 22.4. The van der Waals surface area contributed by atoms with Gasteiger partial charge in [0.1, 0.15) is 0 Å². The summed E-state index contributed by atoms with van der Waals surface area (Å²) >= 11 is 0. The van der Waals surface area contributed by atoms with Crippen LogP contribution in [0.5, 0.6) is 0 Å². The third-order valence-corrected chi connectivity index (χ3v) is 4.46. The zero-order valence-corrected chi connectivity index (χ0v) is 16.8. The lowest BCUT2D eigenvalue weighted by Crippen LogP contribution is -2.30. The molecular formula is C24H37NO. The molecular weight excluding hydrogens is 318 g/mol. The number of hydrogen-bond acceptors (Lipinski definition) is 2. The Labute approximate surface area is 161 Å². The van der Waals surface area contributed by atoms with Crippen LogP contribution in [-0.4, -0.2) is 30.7 Å². The Hall–Kier alpha value is -1.64. The van der Waals surface area contributed by atoms with Crippen LogP contribution in [0.4, 0.5) is 0 Å². The highest BCUT2D eigenvalue weighted by Crippen LogP contribution is 2.20. The molecule has 1 saturated carbocycles. The van der Waals surface area contributed by atoms with Gasteiger partial charge >= 0.3 is 0 Å². The van der Waals surface area contributed by atoms with Gasteiger partial charge in [-0.1, -0.05) is 94.8 Å². The van der Waals surface area contributed by atoms with Crippen LogP contribution < -0.4 is 0 Å². The number of rotatable bonds is 10. The topological polar surface area (TPSA) is 12.5 Å². The maximum atomic E-state index is 6.11. The average Bonchev–Trinajstić information content (AvgIpc) is 2.69.